The quantitative estimate of drug-likeness (QED) is 0.908. The summed E-state index contributed by atoms with van der Waals surface area (Å²) in [5.74, 6) is 1.89. The third kappa shape index (κ3) is 3.44. The van der Waals surface area contributed by atoms with Gasteiger partial charge < -0.3 is 15.2 Å². The van der Waals surface area contributed by atoms with E-state index in [1.165, 1.54) is 12.8 Å². The summed E-state index contributed by atoms with van der Waals surface area (Å²) in [6.45, 7) is 4.83. The second-order valence-electron chi connectivity index (χ2n) is 5.67. The SMILES string of the molecule is COc1ccc(CN2CCCC(C)C2CN)c(Cl)c1OC. The van der Waals surface area contributed by atoms with E-state index in [0.717, 1.165) is 18.7 Å². The van der Waals surface area contributed by atoms with Crippen LogP contribution >= 0.6 is 11.6 Å². The lowest BCUT2D eigenvalue weighted by Gasteiger charge is -2.39. The number of hydrogen-bond donors (Lipinski definition) is 1. The fourth-order valence-corrected chi connectivity index (χ4v) is 3.48. The molecule has 4 nitrogen and oxygen atoms in total. The maximum atomic E-state index is 6.48. The minimum atomic E-state index is 0.419. The van der Waals surface area contributed by atoms with Crippen molar-refractivity contribution in [2.45, 2.75) is 32.4 Å². The van der Waals surface area contributed by atoms with Crippen molar-refractivity contribution >= 4 is 11.6 Å². The van der Waals surface area contributed by atoms with Gasteiger partial charge in [0.25, 0.3) is 0 Å². The first-order valence-corrected chi connectivity index (χ1v) is 7.83. The van der Waals surface area contributed by atoms with E-state index in [2.05, 4.69) is 11.8 Å². The van der Waals surface area contributed by atoms with Crippen molar-refractivity contribution in [3.05, 3.63) is 22.7 Å². The average molecular weight is 313 g/mol. The monoisotopic (exact) mass is 312 g/mol. The number of nitrogens with zero attached hydrogens (tertiary/aromatic N) is 1. The summed E-state index contributed by atoms with van der Waals surface area (Å²) in [4.78, 5) is 2.43. The standard InChI is InChI=1S/C16H25ClN2O2/c1-11-5-4-8-19(13(11)9-18)10-12-6-7-14(20-2)16(21-3)15(12)17/h6-7,11,13H,4-5,8-10,18H2,1-3H3. The summed E-state index contributed by atoms with van der Waals surface area (Å²) in [5, 5.41) is 0.630. The van der Waals surface area contributed by atoms with Crippen LogP contribution in [-0.2, 0) is 6.54 Å². The van der Waals surface area contributed by atoms with E-state index in [1.807, 2.05) is 12.1 Å². The molecule has 0 amide bonds. The molecule has 0 spiro atoms. The molecule has 1 aromatic carbocycles. The second kappa shape index (κ2) is 7.34. The number of methoxy groups -OCH3 is 2. The number of benzene rings is 1. The van der Waals surface area contributed by atoms with E-state index in [0.29, 0.717) is 35.0 Å². The largest absolute Gasteiger partial charge is 0.493 e. The van der Waals surface area contributed by atoms with Gasteiger partial charge in [0.05, 0.1) is 19.2 Å². The topological polar surface area (TPSA) is 47.7 Å². The van der Waals surface area contributed by atoms with E-state index in [4.69, 9.17) is 26.8 Å². The van der Waals surface area contributed by atoms with Crippen LogP contribution in [0.25, 0.3) is 0 Å². The van der Waals surface area contributed by atoms with Gasteiger partial charge in [-0.15, -0.1) is 0 Å². The molecule has 0 aliphatic carbocycles. The molecule has 2 rings (SSSR count). The predicted octanol–water partition coefficient (Wildman–Crippen LogP) is 2.92. The van der Waals surface area contributed by atoms with Crippen molar-refractivity contribution in [3.63, 3.8) is 0 Å². The summed E-state index contributed by atoms with van der Waals surface area (Å²) in [5.41, 5.74) is 7.02. The highest BCUT2D eigenvalue weighted by atomic mass is 35.5. The minimum absolute atomic E-state index is 0.419. The zero-order valence-corrected chi connectivity index (χ0v) is 13.8. The molecule has 118 valence electrons. The summed E-state index contributed by atoms with van der Waals surface area (Å²) in [6.07, 6.45) is 2.46. The third-order valence-corrected chi connectivity index (χ3v) is 4.82. The highest BCUT2D eigenvalue weighted by Crippen LogP contribution is 2.38. The van der Waals surface area contributed by atoms with Crippen LogP contribution in [-0.4, -0.2) is 38.3 Å². The molecule has 1 fully saturated rings. The molecule has 1 heterocycles. The molecule has 2 atom stereocenters. The number of hydrogen-bond acceptors (Lipinski definition) is 4. The van der Waals surface area contributed by atoms with Crippen molar-refractivity contribution in [1.29, 1.82) is 0 Å². The summed E-state index contributed by atoms with van der Waals surface area (Å²) < 4.78 is 10.6. The lowest BCUT2D eigenvalue weighted by Crippen LogP contribution is -2.48. The van der Waals surface area contributed by atoms with Crippen molar-refractivity contribution in [3.8, 4) is 11.5 Å². The summed E-state index contributed by atoms with van der Waals surface area (Å²) in [6, 6.07) is 4.34. The number of halogens is 1. The maximum absolute atomic E-state index is 6.48. The second-order valence-corrected chi connectivity index (χ2v) is 6.05. The molecule has 21 heavy (non-hydrogen) atoms. The van der Waals surface area contributed by atoms with E-state index in [1.54, 1.807) is 14.2 Å². The Bertz CT molecular complexity index is 482. The zero-order valence-electron chi connectivity index (χ0n) is 13.1. The molecular formula is C16H25ClN2O2. The van der Waals surface area contributed by atoms with Gasteiger partial charge in [-0.2, -0.15) is 0 Å². The lowest BCUT2D eigenvalue weighted by molar-refractivity contribution is 0.0990. The molecule has 2 N–H and O–H groups in total. The number of likely N-dealkylation sites (tertiary alicyclic amines) is 1. The van der Waals surface area contributed by atoms with E-state index in [9.17, 15) is 0 Å². The van der Waals surface area contributed by atoms with Crippen LogP contribution in [0.1, 0.15) is 25.3 Å². The molecule has 0 aromatic heterocycles. The molecule has 2 unspecified atom stereocenters. The lowest BCUT2D eigenvalue weighted by atomic mass is 9.90. The maximum Gasteiger partial charge on any atom is 0.179 e. The molecule has 0 bridgehead atoms. The van der Waals surface area contributed by atoms with Crippen molar-refractivity contribution in [2.24, 2.45) is 11.7 Å². The fourth-order valence-electron chi connectivity index (χ4n) is 3.18. The van der Waals surface area contributed by atoms with E-state index in [-0.39, 0.29) is 0 Å². The van der Waals surface area contributed by atoms with Crippen molar-refractivity contribution in [1.82, 2.24) is 4.90 Å². The Morgan fingerprint density at radius 1 is 1.33 bits per heavy atom. The highest BCUT2D eigenvalue weighted by Gasteiger charge is 2.28. The van der Waals surface area contributed by atoms with Gasteiger partial charge in [-0.25, -0.2) is 0 Å². The first-order chi connectivity index (χ1) is 10.1. The first kappa shape index (κ1) is 16.4. The number of rotatable bonds is 5. The van der Waals surface area contributed by atoms with Gasteiger partial charge >= 0.3 is 0 Å². The van der Waals surface area contributed by atoms with Crippen molar-refractivity contribution < 1.29 is 9.47 Å². The van der Waals surface area contributed by atoms with Gasteiger partial charge in [0, 0.05) is 19.1 Å². The Labute approximate surface area is 132 Å². The van der Waals surface area contributed by atoms with Crippen LogP contribution in [0, 0.1) is 5.92 Å². The molecule has 1 aliphatic heterocycles. The van der Waals surface area contributed by atoms with Crippen LogP contribution in [0.15, 0.2) is 12.1 Å². The Morgan fingerprint density at radius 2 is 2.10 bits per heavy atom. The predicted molar refractivity (Wildman–Crippen MR) is 86.2 cm³/mol. The molecule has 5 heteroatoms. The Hall–Kier alpha value is -0.970. The molecule has 0 radical (unpaired) electrons. The van der Waals surface area contributed by atoms with Gasteiger partial charge in [-0.05, 0) is 36.9 Å². The van der Waals surface area contributed by atoms with Crippen LogP contribution in [0.3, 0.4) is 0 Å². The van der Waals surface area contributed by atoms with Crippen LogP contribution in [0.5, 0.6) is 11.5 Å². The fraction of sp³-hybridized carbons (Fsp3) is 0.625. The Balaban J connectivity index is 2.22. The van der Waals surface area contributed by atoms with Crippen LogP contribution in [0.4, 0.5) is 0 Å². The van der Waals surface area contributed by atoms with Gasteiger partial charge in [0.15, 0.2) is 11.5 Å². The molecular weight excluding hydrogens is 288 g/mol. The smallest absolute Gasteiger partial charge is 0.179 e. The average Bonchev–Trinajstić information content (AvgIpc) is 2.49. The van der Waals surface area contributed by atoms with Gasteiger partial charge in [-0.3, -0.25) is 4.90 Å². The normalized spacial score (nSPS) is 23.1. The van der Waals surface area contributed by atoms with Gasteiger partial charge in [-0.1, -0.05) is 24.6 Å². The first-order valence-electron chi connectivity index (χ1n) is 7.45. The molecule has 0 saturated carbocycles. The van der Waals surface area contributed by atoms with Gasteiger partial charge in [0.2, 0.25) is 0 Å². The van der Waals surface area contributed by atoms with Gasteiger partial charge in [0.1, 0.15) is 0 Å². The number of ether oxygens (including phenoxy) is 2. The Morgan fingerprint density at radius 3 is 2.71 bits per heavy atom. The zero-order chi connectivity index (χ0) is 15.4. The minimum Gasteiger partial charge on any atom is -0.493 e. The highest BCUT2D eigenvalue weighted by molar-refractivity contribution is 6.33. The van der Waals surface area contributed by atoms with E-state index >= 15 is 0 Å². The third-order valence-electron chi connectivity index (χ3n) is 4.41. The van der Waals surface area contributed by atoms with E-state index < -0.39 is 0 Å². The van der Waals surface area contributed by atoms with Crippen LogP contribution < -0.4 is 15.2 Å². The number of piperidine rings is 1. The molecule has 1 saturated heterocycles. The number of nitrogens with two attached hydrogens (primary N) is 1. The summed E-state index contributed by atoms with van der Waals surface area (Å²) in [7, 11) is 3.23. The molecule has 1 aromatic rings. The Kier molecular flexibility index (Phi) is 5.73. The van der Waals surface area contributed by atoms with Crippen LogP contribution in [0.2, 0.25) is 5.02 Å². The van der Waals surface area contributed by atoms with Crippen molar-refractivity contribution in [2.75, 3.05) is 27.3 Å². The molecule has 1 aliphatic rings. The summed E-state index contributed by atoms with van der Waals surface area (Å²) >= 11 is 6.48.